The normalized spacial score (nSPS) is 25.6. The zero-order chi connectivity index (χ0) is 12.9. The average molecular weight is 241 g/mol. The molecule has 3 heteroatoms. The van der Waals surface area contributed by atoms with Crippen molar-refractivity contribution in [2.45, 2.75) is 71.4 Å². The second-order valence-electron chi connectivity index (χ2n) is 6.16. The summed E-state index contributed by atoms with van der Waals surface area (Å²) in [6.45, 7) is 8.75. The molecule has 0 aromatic rings. The van der Waals surface area contributed by atoms with Crippen molar-refractivity contribution in [1.82, 2.24) is 5.32 Å². The van der Waals surface area contributed by atoms with Gasteiger partial charge in [-0.15, -0.1) is 0 Å². The molecule has 3 nitrogen and oxygen atoms in total. The number of nitrogens with one attached hydrogen (secondary N) is 1. The van der Waals surface area contributed by atoms with E-state index < -0.39 is 0 Å². The van der Waals surface area contributed by atoms with Crippen LogP contribution in [0.1, 0.15) is 59.8 Å². The van der Waals surface area contributed by atoms with Gasteiger partial charge >= 0.3 is 5.97 Å². The van der Waals surface area contributed by atoms with Gasteiger partial charge in [-0.25, -0.2) is 0 Å². The highest BCUT2D eigenvalue weighted by Crippen LogP contribution is 2.23. The molecule has 1 aliphatic rings. The van der Waals surface area contributed by atoms with Crippen molar-refractivity contribution >= 4 is 5.97 Å². The Bertz CT molecular complexity index is 245. The Morgan fingerprint density at radius 1 is 1.29 bits per heavy atom. The van der Waals surface area contributed by atoms with Gasteiger partial charge in [-0.3, -0.25) is 4.79 Å². The molecule has 0 radical (unpaired) electrons. The number of hydrogen-bond acceptors (Lipinski definition) is 3. The predicted octanol–water partition coefficient (Wildman–Crippen LogP) is 2.89. The Morgan fingerprint density at radius 2 is 1.94 bits per heavy atom. The molecular formula is C14H27NO2. The molecule has 1 rings (SSSR count). The van der Waals surface area contributed by atoms with E-state index in [1.165, 1.54) is 25.7 Å². The van der Waals surface area contributed by atoms with Crippen LogP contribution < -0.4 is 5.32 Å². The van der Waals surface area contributed by atoms with Crippen LogP contribution in [0.2, 0.25) is 0 Å². The summed E-state index contributed by atoms with van der Waals surface area (Å²) in [5.74, 6) is 0.635. The first-order chi connectivity index (χ1) is 7.88. The van der Waals surface area contributed by atoms with E-state index in [-0.39, 0.29) is 11.6 Å². The van der Waals surface area contributed by atoms with Gasteiger partial charge in [0, 0.05) is 12.6 Å². The number of carbonyl (C=O) groups excluding carboxylic acids is 1. The minimum Gasteiger partial charge on any atom is -0.460 e. The maximum atomic E-state index is 11.5. The molecule has 1 fully saturated rings. The van der Waals surface area contributed by atoms with E-state index in [0.29, 0.717) is 12.5 Å². The Balaban J connectivity index is 2.16. The summed E-state index contributed by atoms with van der Waals surface area (Å²) in [5.41, 5.74) is -0.366. The third-order valence-electron chi connectivity index (χ3n) is 3.27. The molecule has 0 heterocycles. The highest BCUT2D eigenvalue weighted by molar-refractivity contribution is 5.70. The van der Waals surface area contributed by atoms with E-state index in [1.807, 2.05) is 20.8 Å². The maximum Gasteiger partial charge on any atom is 0.307 e. The Labute approximate surface area is 105 Å². The quantitative estimate of drug-likeness (QED) is 0.769. The van der Waals surface area contributed by atoms with E-state index >= 15 is 0 Å². The fourth-order valence-electron chi connectivity index (χ4n) is 2.37. The predicted molar refractivity (Wildman–Crippen MR) is 69.9 cm³/mol. The number of esters is 1. The van der Waals surface area contributed by atoms with Crippen molar-refractivity contribution in [3.8, 4) is 0 Å². The summed E-state index contributed by atoms with van der Waals surface area (Å²) in [5, 5.41) is 3.49. The molecule has 0 bridgehead atoms. The van der Waals surface area contributed by atoms with Gasteiger partial charge in [0.05, 0.1) is 6.42 Å². The molecule has 0 aliphatic heterocycles. The van der Waals surface area contributed by atoms with E-state index in [0.717, 1.165) is 12.5 Å². The van der Waals surface area contributed by atoms with Gasteiger partial charge in [0.2, 0.25) is 0 Å². The van der Waals surface area contributed by atoms with Crippen LogP contribution in [-0.4, -0.2) is 24.2 Å². The van der Waals surface area contributed by atoms with Gasteiger partial charge in [0.1, 0.15) is 5.60 Å². The number of hydrogen-bond donors (Lipinski definition) is 1. The van der Waals surface area contributed by atoms with Crippen LogP contribution in [0.25, 0.3) is 0 Å². The van der Waals surface area contributed by atoms with E-state index in [4.69, 9.17) is 4.74 Å². The van der Waals surface area contributed by atoms with Crippen molar-refractivity contribution in [1.29, 1.82) is 0 Å². The van der Waals surface area contributed by atoms with E-state index in [1.54, 1.807) is 0 Å². The van der Waals surface area contributed by atoms with Gasteiger partial charge in [0.25, 0.3) is 0 Å². The lowest BCUT2D eigenvalue weighted by atomic mass is 9.86. The van der Waals surface area contributed by atoms with Crippen molar-refractivity contribution in [3.05, 3.63) is 0 Å². The molecule has 100 valence electrons. The minimum atomic E-state index is -0.366. The highest BCUT2D eigenvalue weighted by atomic mass is 16.6. The molecule has 0 amide bonds. The molecular weight excluding hydrogens is 214 g/mol. The lowest BCUT2D eigenvalue weighted by Gasteiger charge is -2.29. The van der Waals surface area contributed by atoms with Gasteiger partial charge < -0.3 is 10.1 Å². The first-order valence-electron chi connectivity index (χ1n) is 6.84. The fourth-order valence-corrected chi connectivity index (χ4v) is 2.37. The van der Waals surface area contributed by atoms with Crippen molar-refractivity contribution < 1.29 is 9.53 Å². The summed E-state index contributed by atoms with van der Waals surface area (Å²) in [6, 6.07) is 0.589. The molecule has 0 unspecified atom stereocenters. The van der Waals surface area contributed by atoms with E-state index in [2.05, 4.69) is 12.2 Å². The van der Waals surface area contributed by atoms with Crippen LogP contribution >= 0.6 is 0 Å². The molecule has 0 aromatic heterocycles. The first kappa shape index (κ1) is 14.5. The number of carbonyl (C=O) groups is 1. The molecule has 1 saturated carbocycles. The topological polar surface area (TPSA) is 38.3 Å². The van der Waals surface area contributed by atoms with Gasteiger partial charge in [-0.2, -0.15) is 0 Å². The van der Waals surface area contributed by atoms with E-state index in [9.17, 15) is 4.79 Å². The second kappa shape index (κ2) is 6.39. The van der Waals surface area contributed by atoms with Gasteiger partial charge in [-0.05, 0) is 39.5 Å². The lowest BCUT2D eigenvalue weighted by Crippen LogP contribution is -2.38. The fraction of sp³-hybridized carbons (Fsp3) is 0.929. The molecule has 0 spiro atoms. The van der Waals surface area contributed by atoms with Gasteiger partial charge in [0.15, 0.2) is 0 Å². The lowest BCUT2D eigenvalue weighted by molar-refractivity contribution is -0.154. The van der Waals surface area contributed by atoms with Crippen LogP contribution in [0, 0.1) is 5.92 Å². The summed E-state index contributed by atoms with van der Waals surface area (Å²) in [7, 11) is 0. The smallest absolute Gasteiger partial charge is 0.307 e. The monoisotopic (exact) mass is 241 g/mol. The molecule has 0 saturated heterocycles. The number of rotatable bonds is 4. The standard InChI is InChI=1S/C14H27NO2/c1-11-7-5-6-8-12(11)15-10-9-13(16)17-14(2,3)4/h11-12,15H,5-10H2,1-4H3/t11-,12-/m1/s1. The zero-order valence-corrected chi connectivity index (χ0v) is 11.7. The zero-order valence-electron chi connectivity index (χ0n) is 11.7. The van der Waals surface area contributed by atoms with Crippen LogP contribution in [0.5, 0.6) is 0 Å². The summed E-state index contributed by atoms with van der Waals surface area (Å²) in [6.07, 6.45) is 5.69. The second-order valence-corrected chi connectivity index (χ2v) is 6.16. The Kier molecular flexibility index (Phi) is 5.44. The Morgan fingerprint density at radius 3 is 2.53 bits per heavy atom. The van der Waals surface area contributed by atoms with Crippen LogP contribution in [0.3, 0.4) is 0 Å². The van der Waals surface area contributed by atoms with Crippen LogP contribution in [0.15, 0.2) is 0 Å². The highest BCUT2D eigenvalue weighted by Gasteiger charge is 2.21. The van der Waals surface area contributed by atoms with Crippen LogP contribution in [0.4, 0.5) is 0 Å². The Hall–Kier alpha value is -0.570. The summed E-state index contributed by atoms with van der Waals surface area (Å²) >= 11 is 0. The average Bonchev–Trinajstić information content (AvgIpc) is 2.18. The third kappa shape index (κ3) is 6.06. The van der Waals surface area contributed by atoms with Crippen molar-refractivity contribution in [2.75, 3.05) is 6.54 Å². The number of ether oxygens (including phenoxy) is 1. The largest absolute Gasteiger partial charge is 0.460 e. The molecule has 1 aliphatic carbocycles. The molecule has 17 heavy (non-hydrogen) atoms. The molecule has 0 aromatic carbocycles. The van der Waals surface area contributed by atoms with Crippen LogP contribution in [-0.2, 0) is 9.53 Å². The SMILES string of the molecule is C[C@@H]1CCCC[C@H]1NCCC(=O)OC(C)(C)C. The summed E-state index contributed by atoms with van der Waals surface area (Å²) < 4.78 is 5.28. The molecule has 1 N–H and O–H groups in total. The van der Waals surface area contributed by atoms with Gasteiger partial charge in [-0.1, -0.05) is 19.8 Å². The summed E-state index contributed by atoms with van der Waals surface area (Å²) in [4.78, 5) is 11.5. The minimum absolute atomic E-state index is 0.103. The molecule has 2 atom stereocenters. The van der Waals surface area contributed by atoms with Crippen molar-refractivity contribution in [2.24, 2.45) is 5.92 Å². The van der Waals surface area contributed by atoms with Crippen molar-refractivity contribution in [3.63, 3.8) is 0 Å². The maximum absolute atomic E-state index is 11.5. The third-order valence-corrected chi connectivity index (χ3v) is 3.27. The first-order valence-corrected chi connectivity index (χ1v) is 6.84.